The van der Waals surface area contributed by atoms with Gasteiger partial charge in [0, 0.05) is 19.0 Å². The van der Waals surface area contributed by atoms with E-state index in [1.54, 1.807) is 6.07 Å². The van der Waals surface area contributed by atoms with Crippen LogP contribution >= 0.6 is 0 Å². The smallest absolute Gasteiger partial charge is 0.127 e. The molecule has 3 aromatic rings. The van der Waals surface area contributed by atoms with Gasteiger partial charge in [-0.2, -0.15) is 0 Å². The van der Waals surface area contributed by atoms with E-state index in [2.05, 4.69) is 16.5 Å². The van der Waals surface area contributed by atoms with E-state index in [4.69, 9.17) is 0 Å². The first-order valence-electron chi connectivity index (χ1n) is 7.10. The Bertz CT molecular complexity index is 759. The van der Waals surface area contributed by atoms with Crippen LogP contribution in [-0.4, -0.2) is 14.7 Å². The van der Waals surface area contributed by atoms with Crippen LogP contribution in [0.5, 0.6) is 5.75 Å². The topological polar surface area (TPSA) is 38.0 Å². The van der Waals surface area contributed by atoms with Crippen LogP contribution in [0.3, 0.4) is 0 Å². The number of hydrogen-bond donors (Lipinski definition) is 1. The van der Waals surface area contributed by atoms with Gasteiger partial charge in [-0.05, 0) is 36.2 Å². The number of aryl methyl sites for hydroxylation is 1. The molecule has 0 atom stereocenters. The van der Waals surface area contributed by atoms with Gasteiger partial charge in [-0.1, -0.05) is 19.1 Å². The first kappa shape index (κ1) is 13.6. The third-order valence-corrected chi connectivity index (χ3v) is 3.49. The van der Waals surface area contributed by atoms with E-state index >= 15 is 0 Å². The van der Waals surface area contributed by atoms with Crippen LogP contribution in [0, 0.1) is 5.82 Å². The zero-order chi connectivity index (χ0) is 14.8. The standard InChI is InChI=1S/C17H17FN2O/c1-2-7-20-16-6-4-3-5-15(16)19-17(20)10-12-8-13(18)11-14(21)9-12/h3-6,8-9,11,21H,2,7,10H2,1H3. The first-order chi connectivity index (χ1) is 10.2. The fourth-order valence-electron chi connectivity index (χ4n) is 2.65. The number of aromatic nitrogens is 2. The van der Waals surface area contributed by atoms with Crippen molar-refractivity contribution >= 4 is 11.0 Å². The van der Waals surface area contributed by atoms with Crippen molar-refractivity contribution in [1.82, 2.24) is 9.55 Å². The summed E-state index contributed by atoms with van der Waals surface area (Å²) in [6.45, 7) is 2.99. The number of halogens is 1. The van der Waals surface area contributed by atoms with E-state index in [9.17, 15) is 9.50 Å². The lowest BCUT2D eigenvalue weighted by atomic mass is 10.1. The summed E-state index contributed by atoms with van der Waals surface area (Å²) < 4.78 is 15.6. The van der Waals surface area contributed by atoms with Crippen molar-refractivity contribution in [2.75, 3.05) is 0 Å². The molecule has 0 saturated heterocycles. The molecule has 2 aromatic carbocycles. The minimum absolute atomic E-state index is 0.0526. The number of benzene rings is 2. The molecule has 4 heteroatoms. The summed E-state index contributed by atoms with van der Waals surface area (Å²) in [6, 6.07) is 12.1. The van der Waals surface area contributed by atoms with Gasteiger partial charge >= 0.3 is 0 Å². The number of rotatable bonds is 4. The monoisotopic (exact) mass is 284 g/mol. The third kappa shape index (κ3) is 2.75. The lowest BCUT2D eigenvalue weighted by Gasteiger charge is -2.08. The quantitative estimate of drug-likeness (QED) is 0.789. The lowest BCUT2D eigenvalue weighted by molar-refractivity contribution is 0.468. The summed E-state index contributed by atoms with van der Waals surface area (Å²) >= 11 is 0. The van der Waals surface area contributed by atoms with Gasteiger partial charge in [0.25, 0.3) is 0 Å². The molecule has 1 aromatic heterocycles. The molecule has 0 saturated carbocycles. The number of para-hydroxylation sites is 2. The van der Waals surface area contributed by atoms with Crippen LogP contribution < -0.4 is 0 Å². The highest BCUT2D eigenvalue weighted by atomic mass is 19.1. The highest BCUT2D eigenvalue weighted by Gasteiger charge is 2.11. The fourth-order valence-corrected chi connectivity index (χ4v) is 2.65. The highest BCUT2D eigenvalue weighted by molar-refractivity contribution is 5.76. The Morgan fingerprint density at radius 1 is 1.19 bits per heavy atom. The van der Waals surface area contributed by atoms with Gasteiger partial charge in [0.2, 0.25) is 0 Å². The third-order valence-electron chi connectivity index (χ3n) is 3.49. The number of nitrogens with zero attached hydrogens (tertiary/aromatic N) is 2. The van der Waals surface area contributed by atoms with Crippen molar-refractivity contribution in [3.05, 3.63) is 59.7 Å². The van der Waals surface area contributed by atoms with E-state index < -0.39 is 5.82 Å². The number of hydrogen-bond acceptors (Lipinski definition) is 2. The van der Waals surface area contributed by atoms with Crippen LogP contribution in [0.4, 0.5) is 4.39 Å². The Balaban J connectivity index is 2.04. The summed E-state index contributed by atoms with van der Waals surface area (Å²) in [6.07, 6.45) is 1.50. The molecule has 0 aliphatic rings. The molecule has 0 spiro atoms. The van der Waals surface area contributed by atoms with Gasteiger partial charge in [0.1, 0.15) is 17.4 Å². The molecule has 0 radical (unpaired) electrons. The van der Waals surface area contributed by atoms with Crippen molar-refractivity contribution in [3.63, 3.8) is 0 Å². The van der Waals surface area contributed by atoms with Crippen molar-refractivity contribution in [2.24, 2.45) is 0 Å². The molecule has 0 bridgehead atoms. The number of phenolic OH excluding ortho intramolecular Hbond substituents is 1. The second kappa shape index (κ2) is 5.56. The number of imidazole rings is 1. The van der Waals surface area contributed by atoms with Gasteiger partial charge in [0.15, 0.2) is 0 Å². The molecule has 1 heterocycles. The number of aromatic hydroxyl groups is 1. The van der Waals surface area contributed by atoms with E-state index in [1.165, 1.54) is 6.07 Å². The molecule has 0 aliphatic carbocycles. The Kier molecular flexibility index (Phi) is 3.60. The van der Waals surface area contributed by atoms with Gasteiger partial charge in [-0.3, -0.25) is 0 Å². The molecule has 108 valence electrons. The molecule has 3 rings (SSSR count). The molecule has 0 unspecified atom stereocenters. The molecule has 1 N–H and O–H groups in total. The van der Waals surface area contributed by atoms with Crippen LogP contribution in [0.25, 0.3) is 11.0 Å². The highest BCUT2D eigenvalue weighted by Crippen LogP contribution is 2.21. The Hall–Kier alpha value is -2.36. The van der Waals surface area contributed by atoms with Crippen LogP contribution in [0.15, 0.2) is 42.5 Å². The SMILES string of the molecule is CCCn1c(Cc2cc(O)cc(F)c2)nc2ccccc21. The first-order valence-corrected chi connectivity index (χ1v) is 7.10. The molecule has 0 amide bonds. The van der Waals surface area contributed by atoms with E-state index in [-0.39, 0.29) is 5.75 Å². The number of phenols is 1. The number of fused-ring (bicyclic) bond motifs is 1. The lowest BCUT2D eigenvalue weighted by Crippen LogP contribution is -2.04. The largest absolute Gasteiger partial charge is 0.508 e. The van der Waals surface area contributed by atoms with Gasteiger partial charge in [-0.25, -0.2) is 9.37 Å². The molecule has 0 fully saturated rings. The second-order valence-corrected chi connectivity index (χ2v) is 5.16. The van der Waals surface area contributed by atoms with E-state index in [0.717, 1.165) is 41.5 Å². The summed E-state index contributed by atoms with van der Waals surface area (Å²) in [4.78, 5) is 4.64. The average molecular weight is 284 g/mol. The fraction of sp³-hybridized carbons (Fsp3) is 0.235. The predicted octanol–water partition coefficient (Wildman–Crippen LogP) is 3.88. The molecule has 0 aliphatic heterocycles. The maximum atomic E-state index is 13.4. The van der Waals surface area contributed by atoms with Gasteiger partial charge in [0.05, 0.1) is 11.0 Å². The van der Waals surface area contributed by atoms with Crippen LogP contribution in [-0.2, 0) is 13.0 Å². The second-order valence-electron chi connectivity index (χ2n) is 5.16. The Morgan fingerprint density at radius 2 is 2.00 bits per heavy atom. The normalized spacial score (nSPS) is 11.1. The zero-order valence-corrected chi connectivity index (χ0v) is 11.9. The zero-order valence-electron chi connectivity index (χ0n) is 11.9. The van der Waals surface area contributed by atoms with Crippen LogP contribution in [0.2, 0.25) is 0 Å². The summed E-state index contributed by atoms with van der Waals surface area (Å²) in [5.74, 6) is 0.411. The molecular weight excluding hydrogens is 267 g/mol. The van der Waals surface area contributed by atoms with E-state index in [0.29, 0.717) is 6.42 Å². The summed E-state index contributed by atoms with van der Waals surface area (Å²) in [7, 11) is 0. The van der Waals surface area contributed by atoms with Crippen molar-refractivity contribution in [3.8, 4) is 5.75 Å². The molecular formula is C17H17FN2O. The minimum Gasteiger partial charge on any atom is -0.508 e. The average Bonchev–Trinajstić information content (AvgIpc) is 2.76. The molecule has 3 nitrogen and oxygen atoms in total. The summed E-state index contributed by atoms with van der Waals surface area (Å²) in [5, 5.41) is 9.52. The Morgan fingerprint density at radius 3 is 2.76 bits per heavy atom. The molecule has 21 heavy (non-hydrogen) atoms. The Labute approximate surface area is 122 Å². The maximum Gasteiger partial charge on any atom is 0.127 e. The van der Waals surface area contributed by atoms with E-state index in [1.807, 2.05) is 24.3 Å². The van der Waals surface area contributed by atoms with Crippen molar-refractivity contribution in [1.29, 1.82) is 0 Å². The summed E-state index contributed by atoms with van der Waals surface area (Å²) in [5.41, 5.74) is 2.76. The van der Waals surface area contributed by atoms with Gasteiger partial charge in [-0.15, -0.1) is 0 Å². The van der Waals surface area contributed by atoms with Crippen molar-refractivity contribution in [2.45, 2.75) is 26.3 Å². The maximum absolute atomic E-state index is 13.4. The van der Waals surface area contributed by atoms with Crippen molar-refractivity contribution < 1.29 is 9.50 Å². The predicted molar refractivity (Wildman–Crippen MR) is 80.9 cm³/mol. The minimum atomic E-state index is -0.428. The van der Waals surface area contributed by atoms with Crippen LogP contribution in [0.1, 0.15) is 24.7 Å². The van der Waals surface area contributed by atoms with Gasteiger partial charge < -0.3 is 9.67 Å².